The Morgan fingerprint density at radius 2 is 2.00 bits per heavy atom. The van der Waals surface area contributed by atoms with Crippen LogP contribution in [0.2, 0.25) is 0 Å². The molecule has 7 heteroatoms. The lowest BCUT2D eigenvalue weighted by Gasteiger charge is -2.06. The summed E-state index contributed by atoms with van der Waals surface area (Å²) < 4.78 is 16.5. The number of carbonyl (C=O) groups excluding carboxylic acids is 1. The van der Waals surface area contributed by atoms with E-state index in [1.165, 1.54) is 11.3 Å². The van der Waals surface area contributed by atoms with E-state index in [1.807, 2.05) is 60.0 Å². The molecule has 0 fully saturated rings. The molecule has 0 N–H and O–H groups in total. The molecule has 2 aromatic carbocycles. The molecule has 30 heavy (non-hydrogen) atoms. The molecule has 0 amide bonds. The first-order valence-electron chi connectivity index (χ1n) is 9.48. The van der Waals surface area contributed by atoms with Gasteiger partial charge in [-0.25, -0.2) is 9.98 Å². The Kier molecular flexibility index (Phi) is 5.90. The first-order chi connectivity index (χ1) is 14.7. The van der Waals surface area contributed by atoms with Gasteiger partial charge in [0.15, 0.2) is 0 Å². The van der Waals surface area contributed by atoms with Gasteiger partial charge in [-0.1, -0.05) is 30.3 Å². The SMILES string of the molecule is CCOC(=O)Cc1csc(N=c2cc(-c3ccccc3)oc3ccc(OC)cc23)n1. The third kappa shape index (κ3) is 4.41. The van der Waals surface area contributed by atoms with Gasteiger partial charge < -0.3 is 13.9 Å². The second kappa shape index (κ2) is 8.92. The second-order valence-electron chi connectivity index (χ2n) is 6.44. The Balaban J connectivity index is 1.82. The predicted molar refractivity (Wildman–Crippen MR) is 116 cm³/mol. The first-order valence-corrected chi connectivity index (χ1v) is 10.4. The van der Waals surface area contributed by atoms with Crippen molar-refractivity contribution in [2.75, 3.05) is 13.7 Å². The molecule has 152 valence electrons. The molecule has 0 atom stereocenters. The van der Waals surface area contributed by atoms with Crippen LogP contribution in [-0.4, -0.2) is 24.7 Å². The van der Waals surface area contributed by atoms with Gasteiger partial charge in [-0.15, -0.1) is 11.3 Å². The van der Waals surface area contributed by atoms with Crippen molar-refractivity contribution in [3.05, 3.63) is 71.0 Å². The number of carbonyl (C=O) groups is 1. The minimum atomic E-state index is -0.297. The molecular formula is C23H20N2O4S. The zero-order chi connectivity index (χ0) is 20.9. The minimum absolute atomic E-state index is 0.133. The normalized spacial score (nSPS) is 11.6. The third-order valence-electron chi connectivity index (χ3n) is 4.40. The average Bonchev–Trinajstić information content (AvgIpc) is 3.20. The maximum atomic E-state index is 11.7. The Morgan fingerprint density at radius 1 is 1.17 bits per heavy atom. The van der Waals surface area contributed by atoms with E-state index in [2.05, 4.69) is 4.98 Å². The van der Waals surface area contributed by atoms with Crippen molar-refractivity contribution in [1.82, 2.24) is 4.98 Å². The van der Waals surface area contributed by atoms with Crippen molar-refractivity contribution in [3.63, 3.8) is 0 Å². The summed E-state index contributed by atoms with van der Waals surface area (Å²) in [5.74, 6) is 1.12. The molecule has 0 saturated heterocycles. The Bertz CT molecular complexity index is 1250. The van der Waals surface area contributed by atoms with Gasteiger partial charge in [-0.3, -0.25) is 4.79 Å². The van der Waals surface area contributed by atoms with Crippen LogP contribution in [0.3, 0.4) is 0 Å². The number of thiazole rings is 1. The minimum Gasteiger partial charge on any atom is -0.497 e. The molecule has 0 radical (unpaired) electrons. The fourth-order valence-electron chi connectivity index (χ4n) is 3.00. The lowest BCUT2D eigenvalue weighted by Crippen LogP contribution is -2.07. The summed E-state index contributed by atoms with van der Waals surface area (Å²) in [6.07, 6.45) is 0.133. The number of methoxy groups -OCH3 is 1. The quantitative estimate of drug-likeness (QED) is 0.415. The van der Waals surface area contributed by atoms with Crippen molar-refractivity contribution in [1.29, 1.82) is 0 Å². The van der Waals surface area contributed by atoms with E-state index >= 15 is 0 Å². The van der Waals surface area contributed by atoms with Crippen LogP contribution in [0.5, 0.6) is 5.75 Å². The fourth-order valence-corrected chi connectivity index (χ4v) is 3.70. The summed E-state index contributed by atoms with van der Waals surface area (Å²) in [5.41, 5.74) is 2.29. The number of esters is 1. The molecular weight excluding hydrogens is 400 g/mol. The van der Waals surface area contributed by atoms with E-state index in [9.17, 15) is 4.79 Å². The van der Waals surface area contributed by atoms with Gasteiger partial charge in [0.05, 0.1) is 31.2 Å². The molecule has 4 rings (SSSR count). The van der Waals surface area contributed by atoms with E-state index in [4.69, 9.17) is 18.9 Å². The van der Waals surface area contributed by atoms with Crippen molar-refractivity contribution in [2.45, 2.75) is 13.3 Å². The molecule has 0 saturated carbocycles. The summed E-state index contributed by atoms with van der Waals surface area (Å²) in [7, 11) is 1.62. The number of hydrogen-bond donors (Lipinski definition) is 0. The van der Waals surface area contributed by atoms with Crippen molar-refractivity contribution >= 4 is 33.4 Å². The van der Waals surface area contributed by atoms with E-state index in [0.29, 0.717) is 39.9 Å². The highest BCUT2D eigenvalue weighted by atomic mass is 32.1. The Morgan fingerprint density at radius 3 is 2.77 bits per heavy atom. The molecule has 2 heterocycles. The van der Waals surface area contributed by atoms with Crippen LogP contribution in [0.25, 0.3) is 22.3 Å². The number of ether oxygens (including phenoxy) is 2. The molecule has 0 aliphatic rings. The van der Waals surface area contributed by atoms with Gasteiger partial charge in [0.25, 0.3) is 0 Å². The van der Waals surface area contributed by atoms with Gasteiger partial charge in [0, 0.05) is 22.4 Å². The number of fused-ring (bicyclic) bond motifs is 1. The highest BCUT2D eigenvalue weighted by Gasteiger charge is 2.10. The molecule has 0 aliphatic heterocycles. The maximum Gasteiger partial charge on any atom is 0.311 e. The lowest BCUT2D eigenvalue weighted by molar-refractivity contribution is -0.142. The second-order valence-corrected chi connectivity index (χ2v) is 7.28. The third-order valence-corrected chi connectivity index (χ3v) is 5.18. The van der Waals surface area contributed by atoms with Crippen LogP contribution < -0.4 is 10.1 Å². The van der Waals surface area contributed by atoms with Crippen LogP contribution in [0.1, 0.15) is 12.6 Å². The van der Waals surface area contributed by atoms with Crippen molar-refractivity contribution in [3.8, 4) is 17.1 Å². The maximum absolute atomic E-state index is 11.7. The summed E-state index contributed by atoms with van der Waals surface area (Å²) >= 11 is 1.38. The average molecular weight is 420 g/mol. The van der Waals surface area contributed by atoms with Gasteiger partial charge in [-0.2, -0.15) is 0 Å². The molecule has 0 spiro atoms. The molecule has 0 bridgehead atoms. The lowest BCUT2D eigenvalue weighted by atomic mass is 10.1. The zero-order valence-corrected chi connectivity index (χ0v) is 17.4. The number of hydrogen-bond acceptors (Lipinski definition) is 7. The fraction of sp³-hybridized carbons (Fsp3) is 0.174. The van der Waals surface area contributed by atoms with Gasteiger partial charge in [-0.05, 0) is 25.1 Å². The van der Waals surface area contributed by atoms with Gasteiger partial charge >= 0.3 is 5.97 Å². The molecule has 4 aromatic rings. The van der Waals surface area contributed by atoms with E-state index in [-0.39, 0.29) is 12.4 Å². The van der Waals surface area contributed by atoms with Crippen LogP contribution in [-0.2, 0) is 16.0 Å². The summed E-state index contributed by atoms with van der Waals surface area (Å²) in [6.45, 7) is 2.13. The first kappa shape index (κ1) is 19.8. The highest BCUT2D eigenvalue weighted by molar-refractivity contribution is 7.13. The summed E-state index contributed by atoms with van der Waals surface area (Å²) in [4.78, 5) is 20.9. The van der Waals surface area contributed by atoms with Crippen LogP contribution in [0, 0.1) is 0 Å². The van der Waals surface area contributed by atoms with Crippen LogP contribution >= 0.6 is 11.3 Å². The summed E-state index contributed by atoms with van der Waals surface area (Å²) in [6, 6.07) is 17.4. The number of aromatic nitrogens is 1. The van der Waals surface area contributed by atoms with Crippen molar-refractivity contribution < 1.29 is 18.7 Å². The smallest absolute Gasteiger partial charge is 0.311 e. The van der Waals surface area contributed by atoms with Crippen LogP contribution in [0.15, 0.2) is 69.4 Å². The van der Waals surface area contributed by atoms with Crippen LogP contribution in [0.4, 0.5) is 5.13 Å². The van der Waals surface area contributed by atoms with E-state index in [1.54, 1.807) is 14.0 Å². The van der Waals surface area contributed by atoms with Gasteiger partial charge in [0.1, 0.15) is 17.1 Å². The van der Waals surface area contributed by atoms with E-state index < -0.39 is 0 Å². The zero-order valence-electron chi connectivity index (χ0n) is 16.6. The monoisotopic (exact) mass is 420 g/mol. The number of rotatable bonds is 6. The molecule has 0 unspecified atom stereocenters. The van der Waals surface area contributed by atoms with E-state index in [0.717, 1.165) is 10.9 Å². The topological polar surface area (TPSA) is 73.9 Å². The van der Waals surface area contributed by atoms with Gasteiger partial charge in [0.2, 0.25) is 5.13 Å². The predicted octanol–water partition coefficient (Wildman–Crippen LogP) is 4.90. The number of nitrogens with zero attached hydrogens (tertiary/aromatic N) is 2. The molecule has 6 nitrogen and oxygen atoms in total. The highest BCUT2D eigenvalue weighted by Crippen LogP contribution is 2.26. The largest absolute Gasteiger partial charge is 0.497 e. The molecule has 2 aromatic heterocycles. The standard InChI is InChI=1S/C23H20N2O4S/c1-3-28-22(26)11-16-14-30-23(24-16)25-19-13-21(15-7-5-4-6-8-15)29-20-10-9-17(27-2)12-18(19)20/h4-10,12-14H,3,11H2,1-2H3. The Labute approximate surface area is 177 Å². The van der Waals surface area contributed by atoms with Crippen molar-refractivity contribution in [2.24, 2.45) is 4.99 Å². The number of benzene rings is 2. The summed E-state index contributed by atoms with van der Waals surface area (Å²) in [5, 5.41) is 3.91. The molecule has 0 aliphatic carbocycles. The Hall–Kier alpha value is -3.45.